The van der Waals surface area contributed by atoms with E-state index >= 15 is 0 Å². The molecule has 5 aromatic rings. The zero-order chi connectivity index (χ0) is 29.3. The minimum absolute atomic E-state index is 0.521. The van der Waals surface area contributed by atoms with Crippen LogP contribution in [0.25, 0.3) is 22.6 Å². The molecule has 0 saturated carbocycles. The smallest absolute Gasteiger partial charge is 0.140 e. The van der Waals surface area contributed by atoms with Crippen molar-refractivity contribution >= 4 is 0 Å². The molecule has 0 amide bonds. The second-order valence-electron chi connectivity index (χ2n) is 11.4. The highest BCUT2D eigenvalue weighted by Crippen LogP contribution is 2.32. The first-order chi connectivity index (χ1) is 20.6. The maximum atomic E-state index is 5.43. The summed E-state index contributed by atoms with van der Waals surface area (Å²) in [5.41, 5.74) is 8.60. The topological polar surface area (TPSA) is 30.3 Å². The van der Waals surface area contributed by atoms with Gasteiger partial charge in [-0.2, -0.15) is 0 Å². The molecule has 0 N–H and O–H groups in total. The maximum Gasteiger partial charge on any atom is 0.140 e. The largest absolute Gasteiger partial charge is 0.497 e. The van der Waals surface area contributed by atoms with E-state index in [1.807, 2.05) is 0 Å². The summed E-state index contributed by atoms with van der Waals surface area (Å²) in [6.45, 7) is 10.1. The Morgan fingerprint density at radius 2 is 1.29 bits per heavy atom. The standard InChI is InChI=1S/C38H43N3O/c1-5-6-25-41-36(37(33-13-9-7-10-14-33)39-38(41)34-15-11-8-12-16-34)28-40(27-31-19-23-35(42-4)24-20-31)26-30-17-21-32(22-18-30)29(2)3/h7-24,29H,5-6,25-28H2,1-4H3. The number of ether oxygens (including phenoxy) is 1. The Morgan fingerprint density at radius 3 is 1.83 bits per heavy atom. The molecule has 0 radical (unpaired) electrons. The van der Waals surface area contributed by atoms with E-state index in [4.69, 9.17) is 9.72 Å². The van der Waals surface area contributed by atoms with Gasteiger partial charge in [-0.1, -0.05) is 124 Å². The van der Waals surface area contributed by atoms with Gasteiger partial charge in [0.1, 0.15) is 11.6 Å². The third-order valence-electron chi connectivity index (χ3n) is 7.88. The lowest BCUT2D eigenvalue weighted by Crippen LogP contribution is -2.24. The molecule has 0 bridgehead atoms. The molecular weight excluding hydrogens is 514 g/mol. The van der Waals surface area contributed by atoms with Gasteiger partial charge in [-0.15, -0.1) is 0 Å². The molecule has 0 atom stereocenters. The summed E-state index contributed by atoms with van der Waals surface area (Å²) in [6.07, 6.45) is 2.23. The first kappa shape index (κ1) is 29.3. The van der Waals surface area contributed by atoms with Crippen LogP contribution >= 0.6 is 0 Å². The van der Waals surface area contributed by atoms with Crippen molar-refractivity contribution in [1.29, 1.82) is 0 Å². The zero-order valence-electron chi connectivity index (χ0n) is 25.5. The molecule has 0 aliphatic heterocycles. The van der Waals surface area contributed by atoms with Crippen LogP contribution < -0.4 is 4.74 Å². The van der Waals surface area contributed by atoms with Gasteiger partial charge in [0.2, 0.25) is 0 Å². The van der Waals surface area contributed by atoms with Crippen molar-refractivity contribution in [2.24, 2.45) is 0 Å². The SMILES string of the molecule is CCCCn1c(-c2ccccc2)nc(-c2ccccc2)c1CN(Cc1ccc(OC)cc1)Cc1ccc(C(C)C)cc1. The Morgan fingerprint density at radius 1 is 0.714 bits per heavy atom. The number of imidazole rings is 1. The Kier molecular flexibility index (Phi) is 9.89. The normalized spacial score (nSPS) is 11.4. The summed E-state index contributed by atoms with van der Waals surface area (Å²) < 4.78 is 7.91. The summed E-state index contributed by atoms with van der Waals surface area (Å²) in [5.74, 6) is 2.45. The monoisotopic (exact) mass is 557 g/mol. The number of nitrogens with zero attached hydrogens (tertiary/aromatic N) is 3. The van der Waals surface area contributed by atoms with Gasteiger partial charge >= 0.3 is 0 Å². The minimum Gasteiger partial charge on any atom is -0.497 e. The summed E-state index contributed by atoms with van der Waals surface area (Å²) in [5, 5.41) is 0. The van der Waals surface area contributed by atoms with Crippen molar-refractivity contribution in [2.45, 2.75) is 65.7 Å². The van der Waals surface area contributed by atoms with Crippen molar-refractivity contribution in [1.82, 2.24) is 14.5 Å². The highest BCUT2D eigenvalue weighted by molar-refractivity contribution is 5.68. The van der Waals surface area contributed by atoms with E-state index in [1.165, 1.54) is 22.4 Å². The molecule has 0 fully saturated rings. The third kappa shape index (κ3) is 7.18. The quantitative estimate of drug-likeness (QED) is 0.144. The number of aromatic nitrogens is 2. The fraction of sp³-hybridized carbons (Fsp3) is 0.289. The second kappa shape index (κ2) is 14.2. The number of methoxy groups -OCH3 is 1. The molecule has 216 valence electrons. The Balaban J connectivity index is 1.58. The summed E-state index contributed by atoms with van der Waals surface area (Å²) in [6, 6.07) is 38.9. The van der Waals surface area contributed by atoms with Crippen LogP contribution in [0.1, 0.15) is 61.9 Å². The third-order valence-corrected chi connectivity index (χ3v) is 7.88. The average Bonchev–Trinajstić information content (AvgIpc) is 3.39. The van der Waals surface area contributed by atoms with Gasteiger partial charge in [-0.3, -0.25) is 4.90 Å². The molecule has 4 nitrogen and oxygen atoms in total. The van der Waals surface area contributed by atoms with Crippen molar-refractivity contribution in [3.63, 3.8) is 0 Å². The van der Waals surface area contributed by atoms with E-state index in [0.29, 0.717) is 5.92 Å². The average molecular weight is 558 g/mol. The maximum absolute atomic E-state index is 5.43. The molecule has 1 heterocycles. The lowest BCUT2D eigenvalue weighted by Gasteiger charge is -2.25. The highest BCUT2D eigenvalue weighted by Gasteiger charge is 2.22. The molecule has 0 aliphatic carbocycles. The molecule has 4 aromatic carbocycles. The van der Waals surface area contributed by atoms with Crippen LogP contribution in [0.15, 0.2) is 109 Å². The summed E-state index contributed by atoms with van der Waals surface area (Å²) >= 11 is 0. The Labute approximate surface area is 251 Å². The van der Waals surface area contributed by atoms with Crippen LogP contribution in [-0.4, -0.2) is 21.6 Å². The van der Waals surface area contributed by atoms with Crippen LogP contribution in [-0.2, 0) is 26.2 Å². The van der Waals surface area contributed by atoms with Crippen molar-refractivity contribution in [2.75, 3.05) is 7.11 Å². The predicted molar refractivity (Wildman–Crippen MR) is 174 cm³/mol. The number of benzene rings is 4. The first-order valence-electron chi connectivity index (χ1n) is 15.2. The van der Waals surface area contributed by atoms with E-state index in [-0.39, 0.29) is 0 Å². The van der Waals surface area contributed by atoms with E-state index in [1.54, 1.807) is 7.11 Å². The van der Waals surface area contributed by atoms with Gasteiger partial charge in [-0.25, -0.2) is 4.98 Å². The summed E-state index contributed by atoms with van der Waals surface area (Å²) in [4.78, 5) is 7.89. The molecule has 0 unspecified atom stereocenters. The van der Waals surface area contributed by atoms with E-state index in [0.717, 1.165) is 67.4 Å². The highest BCUT2D eigenvalue weighted by atomic mass is 16.5. The van der Waals surface area contributed by atoms with Crippen LogP contribution in [0, 0.1) is 0 Å². The summed E-state index contributed by atoms with van der Waals surface area (Å²) in [7, 11) is 1.72. The van der Waals surface area contributed by atoms with Gasteiger partial charge in [0.15, 0.2) is 0 Å². The molecule has 42 heavy (non-hydrogen) atoms. The van der Waals surface area contributed by atoms with Crippen molar-refractivity contribution in [3.05, 3.63) is 132 Å². The van der Waals surface area contributed by atoms with Crippen LogP contribution in [0.4, 0.5) is 0 Å². The van der Waals surface area contributed by atoms with E-state index < -0.39 is 0 Å². The lowest BCUT2D eigenvalue weighted by atomic mass is 10.0. The molecular formula is C38H43N3O. The molecule has 0 aliphatic rings. The van der Waals surface area contributed by atoms with Gasteiger partial charge in [-0.05, 0) is 41.2 Å². The molecule has 0 saturated heterocycles. The fourth-order valence-corrected chi connectivity index (χ4v) is 5.47. The molecule has 1 aromatic heterocycles. The van der Waals surface area contributed by atoms with Crippen molar-refractivity contribution in [3.8, 4) is 28.4 Å². The molecule has 0 spiro atoms. The lowest BCUT2D eigenvalue weighted by molar-refractivity contribution is 0.241. The molecule has 4 heteroatoms. The van der Waals surface area contributed by atoms with Crippen LogP contribution in [0.3, 0.4) is 0 Å². The zero-order valence-corrected chi connectivity index (χ0v) is 25.5. The van der Waals surface area contributed by atoms with Gasteiger partial charge in [0.25, 0.3) is 0 Å². The van der Waals surface area contributed by atoms with Crippen molar-refractivity contribution < 1.29 is 4.74 Å². The van der Waals surface area contributed by atoms with E-state index in [2.05, 4.69) is 139 Å². The first-order valence-corrected chi connectivity index (χ1v) is 15.2. The van der Waals surface area contributed by atoms with Crippen LogP contribution in [0.5, 0.6) is 5.75 Å². The molecule has 5 rings (SSSR count). The van der Waals surface area contributed by atoms with Crippen LogP contribution in [0.2, 0.25) is 0 Å². The Hall–Kier alpha value is -4.15. The second-order valence-corrected chi connectivity index (χ2v) is 11.4. The minimum atomic E-state index is 0.521. The van der Waals surface area contributed by atoms with Gasteiger partial charge in [0, 0.05) is 37.3 Å². The fourth-order valence-electron chi connectivity index (χ4n) is 5.47. The number of rotatable bonds is 13. The predicted octanol–water partition coefficient (Wildman–Crippen LogP) is 9.35. The van der Waals surface area contributed by atoms with Gasteiger partial charge in [0.05, 0.1) is 18.5 Å². The number of hydrogen-bond donors (Lipinski definition) is 0. The van der Waals surface area contributed by atoms with E-state index in [9.17, 15) is 0 Å². The number of unbranched alkanes of at least 4 members (excludes halogenated alkanes) is 1. The number of hydrogen-bond acceptors (Lipinski definition) is 3. The van der Waals surface area contributed by atoms with Gasteiger partial charge < -0.3 is 9.30 Å². The Bertz CT molecular complexity index is 1520.